The van der Waals surface area contributed by atoms with Crippen LogP contribution in [0, 0.1) is 0 Å². The van der Waals surface area contributed by atoms with Gasteiger partial charge < -0.3 is 15.0 Å². The van der Waals surface area contributed by atoms with E-state index in [0.29, 0.717) is 5.25 Å². The number of aromatic nitrogens is 3. The molecular formula is C14H18N4OS. The molecule has 1 aliphatic carbocycles. The third-order valence-electron chi connectivity index (χ3n) is 3.74. The van der Waals surface area contributed by atoms with Crippen molar-refractivity contribution in [3.63, 3.8) is 0 Å². The number of hydrogen-bond donors (Lipinski definition) is 1. The molecule has 0 saturated heterocycles. The Morgan fingerprint density at radius 3 is 3.00 bits per heavy atom. The van der Waals surface area contributed by atoms with Gasteiger partial charge in [0, 0.05) is 18.3 Å². The topological polar surface area (TPSA) is 66.0 Å². The highest BCUT2D eigenvalue weighted by molar-refractivity contribution is 7.99. The van der Waals surface area contributed by atoms with E-state index < -0.39 is 0 Å². The molecule has 0 amide bonds. The number of fused-ring (bicyclic) bond motifs is 1. The van der Waals surface area contributed by atoms with Crippen molar-refractivity contribution in [3.8, 4) is 5.75 Å². The molecule has 1 aromatic carbocycles. The summed E-state index contributed by atoms with van der Waals surface area (Å²) < 4.78 is 7.23. The highest BCUT2D eigenvalue weighted by Gasteiger charge is 2.29. The van der Waals surface area contributed by atoms with Crippen LogP contribution in [0.1, 0.15) is 23.6 Å². The molecular weight excluding hydrogens is 272 g/mol. The normalized spacial score (nSPS) is 21.6. The van der Waals surface area contributed by atoms with Crippen molar-refractivity contribution in [2.45, 2.75) is 29.3 Å². The quantitative estimate of drug-likeness (QED) is 0.935. The molecule has 3 rings (SSSR count). The lowest BCUT2D eigenvalue weighted by atomic mass is 9.87. The van der Waals surface area contributed by atoms with Crippen molar-refractivity contribution < 1.29 is 4.74 Å². The molecule has 0 bridgehead atoms. The third kappa shape index (κ3) is 2.41. The van der Waals surface area contributed by atoms with Crippen molar-refractivity contribution in [1.82, 2.24) is 14.8 Å². The standard InChI is InChI=1S/C14H18N4OS/c1-18-8-16-17-14(18)20-12-6-4-9-3-5-10(19-2)7-11(9)13(12)15/h3,5,7-8,12-13H,4,6,15H2,1-2H3. The van der Waals surface area contributed by atoms with Gasteiger partial charge in [-0.05, 0) is 36.1 Å². The van der Waals surface area contributed by atoms with Gasteiger partial charge in [0.2, 0.25) is 0 Å². The number of benzene rings is 1. The summed E-state index contributed by atoms with van der Waals surface area (Å²) in [6, 6.07) is 6.18. The average Bonchev–Trinajstić information content (AvgIpc) is 2.87. The predicted octanol–water partition coefficient (Wildman–Crippen LogP) is 1.93. The van der Waals surface area contributed by atoms with Crippen molar-refractivity contribution in [2.75, 3.05) is 7.11 Å². The van der Waals surface area contributed by atoms with Gasteiger partial charge in [-0.15, -0.1) is 10.2 Å². The van der Waals surface area contributed by atoms with E-state index in [-0.39, 0.29) is 6.04 Å². The lowest BCUT2D eigenvalue weighted by molar-refractivity contribution is 0.412. The molecule has 2 unspecified atom stereocenters. The zero-order valence-electron chi connectivity index (χ0n) is 11.6. The predicted molar refractivity (Wildman–Crippen MR) is 78.9 cm³/mol. The highest BCUT2D eigenvalue weighted by Crippen LogP contribution is 2.39. The average molecular weight is 290 g/mol. The summed E-state index contributed by atoms with van der Waals surface area (Å²) in [4.78, 5) is 0. The SMILES string of the molecule is COc1ccc2c(c1)C(N)C(Sc1nncn1C)CC2. The molecule has 2 N–H and O–H groups in total. The molecule has 0 aliphatic heterocycles. The van der Waals surface area contributed by atoms with Gasteiger partial charge >= 0.3 is 0 Å². The Labute approximate surface area is 122 Å². The molecule has 0 saturated carbocycles. The van der Waals surface area contributed by atoms with E-state index in [1.807, 2.05) is 17.7 Å². The zero-order chi connectivity index (χ0) is 14.1. The summed E-state index contributed by atoms with van der Waals surface area (Å²) in [7, 11) is 3.63. The van der Waals surface area contributed by atoms with Crippen LogP contribution >= 0.6 is 11.8 Å². The molecule has 1 aliphatic rings. The van der Waals surface area contributed by atoms with Crippen LogP contribution in [0.15, 0.2) is 29.7 Å². The first kappa shape index (κ1) is 13.5. The summed E-state index contributed by atoms with van der Waals surface area (Å²) >= 11 is 1.71. The van der Waals surface area contributed by atoms with Gasteiger partial charge in [-0.2, -0.15) is 0 Å². The number of hydrogen-bond acceptors (Lipinski definition) is 5. The minimum atomic E-state index is -0.00412. The number of nitrogens with two attached hydrogens (primary N) is 1. The second-order valence-corrected chi connectivity index (χ2v) is 6.22. The van der Waals surface area contributed by atoms with Gasteiger partial charge in [-0.1, -0.05) is 17.8 Å². The summed E-state index contributed by atoms with van der Waals surface area (Å²) in [6.07, 6.45) is 3.81. The van der Waals surface area contributed by atoms with E-state index in [9.17, 15) is 0 Å². The third-order valence-corrected chi connectivity index (χ3v) is 5.15. The first-order valence-electron chi connectivity index (χ1n) is 6.62. The van der Waals surface area contributed by atoms with Crippen molar-refractivity contribution >= 4 is 11.8 Å². The van der Waals surface area contributed by atoms with Crippen LogP contribution in [0.3, 0.4) is 0 Å². The maximum absolute atomic E-state index is 6.45. The van der Waals surface area contributed by atoms with Crippen molar-refractivity contribution in [2.24, 2.45) is 12.8 Å². The van der Waals surface area contributed by atoms with Gasteiger partial charge in [0.1, 0.15) is 12.1 Å². The molecule has 0 fully saturated rings. The molecule has 106 valence electrons. The Kier molecular flexibility index (Phi) is 3.67. The molecule has 1 aromatic heterocycles. The van der Waals surface area contributed by atoms with E-state index in [1.165, 1.54) is 11.1 Å². The fourth-order valence-electron chi connectivity index (χ4n) is 2.56. The molecule has 2 aromatic rings. The smallest absolute Gasteiger partial charge is 0.191 e. The Morgan fingerprint density at radius 1 is 1.45 bits per heavy atom. The van der Waals surface area contributed by atoms with Crippen LogP contribution < -0.4 is 10.5 Å². The Morgan fingerprint density at radius 2 is 2.30 bits per heavy atom. The number of methoxy groups -OCH3 is 1. The molecule has 1 heterocycles. The van der Waals surface area contributed by atoms with Crippen LogP contribution in [-0.4, -0.2) is 27.1 Å². The number of rotatable bonds is 3. The highest BCUT2D eigenvalue weighted by atomic mass is 32.2. The van der Waals surface area contributed by atoms with Crippen molar-refractivity contribution in [3.05, 3.63) is 35.7 Å². The van der Waals surface area contributed by atoms with Crippen molar-refractivity contribution in [1.29, 1.82) is 0 Å². The lowest BCUT2D eigenvalue weighted by Gasteiger charge is -2.30. The van der Waals surface area contributed by atoms with Crippen LogP contribution in [0.25, 0.3) is 0 Å². The van der Waals surface area contributed by atoms with Gasteiger partial charge in [0.05, 0.1) is 7.11 Å². The summed E-state index contributed by atoms with van der Waals surface area (Å²) in [5.74, 6) is 0.864. The van der Waals surface area contributed by atoms with Crippen LogP contribution in [0.2, 0.25) is 0 Å². The number of aryl methyl sites for hydroxylation is 2. The Bertz CT molecular complexity index is 613. The number of nitrogens with zero attached hydrogens (tertiary/aromatic N) is 3. The molecule has 20 heavy (non-hydrogen) atoms. The van der Waals surface area contributed by atoms with Crippen LogP contribution in [0.5, 0.6) is 5.75 Å². The Balaban J connectivity index is 1.84. The first-order chi connectivity index (χ1) is 9.69. The molecule has 0 spiro atoms. The first-order valence-corrected chi connectivity index (χ1v) is 7.50. The lowest BCUT2D eigenvalue weighted by Crippen LogP contribution is -2.29. The molecule has 2 atom stereocenters. The monoisotopic (exact) mass is 290 g/mol. The fourth-order valence-corrected chi connectivity index (χ4v) is 3.67. The van der Waals surface area contributed by atoms with E-state index in [1.54, 1.807) is 25.2 Å². The zero-order valence-corrected chi connectivity index (χ0v) is 12.4. The van der Waals surface area contributed by atoms with Gasteiger partial charge in [0.15, 0.2) is 5.16 Å². The maximum Gasteiger partial charge on any atom is 0.191 e. The van der Waals surface area contributed by atoms with Crippen LogP contribution in [-0.2, 0) is 13.5 Å². The Hall–Kier alpha value is -1.53. The van der Waals surface area contributed by atoms with Gasteiger partial charge in [0.25, 0.3) is 0 Å². The largest absolute Gasteiger partial charge is 0.497 e. The second-order valence-electron chi connectivity index (χ2n) is 5.01. The molecule has 0 radical (unpaired) electrons. The summed E-state index contributed by atoms with van der Waals surface area (Å²) in [6.45, 7) is 0. The minimum absolute atomic E-state index is 0.00412. The van der Waals surface area contributed by atoms with Gasteiger partial charge in [-0.25, -0.2) is 0 Å². The van der Waals surface area contributed by atoms with E-state index >= 15 is 0 Å². The van der Waals surface area contributed by atoms with Gasteiger partial charge in [-0.3, -0.25) is 0 Å². The fraction of sp³-hybridized carbons (Fsp3) is 0.429. The number of ether oxygens (including phenoxy) is 1. The van der Waals surface area contributed by atoms with E-state index in [2.05, 4.69) is 22.3 Å². The van der Waals surface area contributed by atoms with Crippen LogP contribution in [0.4, 0.5) is 0 Å². The molecule has 5 nitrogen and oxygen atoms in total. The minimum Gasteiger partial charge on any atom is -0.497 e. The van der Waals surface area contributed by atoms with E-state index in [4.69, 9.17) is 10.5 Å². The summed E-state index contributed by atoms with van der Waals surface area (Å²) in [5, 5.41) is 9.28. The molecule has 6 heteroatoms. The second kappa shape index (κ2) is 5.46. The summed E-state index contributed by atoms with van der Waals surface area (Å²) in [5.41, 5.74) is 8.96. The number of thioether (sulfide) groups is 1. The maximum atomic E-state index is 6.45. The van der Waals surface area contributed by atoms with E-state index in [0.717, 1.165) is 23.7 Å².